The highest BCUT2D eigenvalue weighted by Crippen LogP contribution is 2.30. The van der Waals surface area contributed by atoms with Crippen LogP contribution in [0.15, 0.2) is 79.0 Å². The summed E-state index contributed by atoms with van der Waals surface area (Å²) in [6, 6.07) is 23.2. The zero-order valence-electron chi connectivity index (χ0n) is 18.9. The first-order valence-electron chi connectivity index (χ1n) is 11.1. The molecule has 0 aliphatic rings. The number of hydrogen-bond donors (Lipinski definition) is 1. The molecule has 4 aromatic rings. The SMILES string of the molecule is CCN(CC)CCc1cn(S(N)(=O)=O)c2cc(-c3ccc(Oc4ccccc4)cc3)ccc12. The van der Waals surface area contributed by atoms with E-state index in [2.05, 4.69) is 18.7 Å². The molecule has 0 radical (unpaired) electrons. The lowest BCUT2D eigenvalue weighted by Gasteiger charge is -2.17. The Kier molecular flexibility index (Phi) is 6.83. The number of aromatic nitrogens is 1. The van der Waals surface area contributed by atoms with Crippen molar-refractivity contribution in [2.75, 3.05) is 19.6 Å². The zero-order chi connectivity index (χ0) is 23.4. The summed E-state index contributed by atoms with van der Waals surface area (Å²) in [6.45, 7) is 7.03. The topological polar surface area (TPSA) is 77.6 Å². The number of rotatable bonds is 9. The lowest BCUT2D eigenvalue weighted by atomic mass is 10.0. The molecule has 0 spiro atoms. The van der Waals surface area contributed by atoms with Gasteiger partial charge < -0.3 is 9.64 Å². The number of fused-ring (bicyclic) bond motifs is 1. The van der Waals surface area contributed by atoms with Crippen molar-refractivity contribution < 1.29 is 13.2 Å². The van der Waals surface area contributed by atoms with E-state index in [1.54, 1.807) is 6.20 Å². The summed E-state index contributed by atoms with van der Waals surface area (Å²) in [5.74, 6) is 1.51. The van der Waals surface area contributed by atoms with Crippen molar-refractivity contribution in [1.82, 2.24) is 8.87 Å². The number of nitrogens with zero attached hydrogens (tertiary/aromatic N) is 2. The zero-order valence-corrected chi connectivity index (χ0v) is 19.8. The van der Waals surface area contributed by atoms with Gasteiger partial charge >= 0.3 is 10.2 Å². The second kappa shape index (κ2) is 9.79. The predicted molar refractivity (Wildman–Crippen MR) is 134 cm³/mol. The molecule has 0 saturated carbocycles. The van der Waals surface area contributed by atoms with Crippen molar-refractivity contribution in [1.29, 1.82) is 0 Å². The molecule has 1 aromatic heterocycles. The molecule has 1 heterocycles. The van der Waals surface area contributed by atoms with Crippen molar-refractivity contribution in [3.63, 3.8) is 0 Å². The van der Waals surface area contributed by atoms with Gasteiger partial charge in [-0.1, -0.05) is 56.3 Å². The Labute approximate surface area is 195 Å². The van der Waals surface area contributed by atoms with Crippen LogP contribution >= 0.6 is 0 Å². The Bertz CT molecular complexity index is 1330. The first kappa shape index (κ1) is 23.0. The van der Waals surface area contributed by atoms with Crippen LogP contribution in [-0.4, -0.2) is 36.9 Å². The number of likely N-dealkylation sites (N-methyl/N-ethyl adjacent to an activating group) is 1. The average Bonchev–Trinajstić information content (AvgIpc) is 3.19. The number of para-hydroxylation sites is 1. The molecule has 6 nitrogen and oxygen atoms in total. The number of ether oxygens (including phenoxy) is 1. The molecule has 0 aliphatic carbocycles. The summed E-state index contributed by atoms with van der Waals surface area (Å²) in [5, 5.41) is 6.44. The molecule has 3 aromatic carbocycles. The van der Waals surface area contributed by atoms with Crippen LogP contribution in [-0.2, 0) is 16.6 Å². The van der Waals surface area contributed by atoms with Crippen LogP contribution in [0, 0.1) is 0 Å². The Morgan fingerprint density at radius 1 is 0.879 bits per heavy atom. The van der Waals surface area contributed by atoms with Crippen molar-refractivity contribution in [2.24, 2.45) is 5.14 Å². The Balaban J connectivity index is 1.65. The Morgan fingerprint density at radius 3 is 2.15 bits per heavy atom. The standard InChI is InChI=1S/C26H29N3O3S/c1-3-28(4-2)17-16-22-19-29(33(27,30)31)26-18-21(12-15-25(22)26)20-10-13-24(14-11-20)32-23-8-6-5-7-9-23/h5-15,18-19H,3-4,16-17H2,1-2H3,(H2,27,30,31). The van der Waals surface area contributed by atoms with Gasteiger partial charge in [-0.2, -0.15) is 8.42 Å². The minimum atomic E-state index is -3.92. The summed E-state index contributed by atoms with van der Waals surface area (Å²) >= 11 is 0. The maximum atomic E-state index is 12.3. The van der Waals surface area contributed by atoms with Crippen LogP contribution in [0.1, 0.15) is 19.4 Å². The van der Waals surface area contributed by atoms with E-state index in [-0.39, 0.29) is 0 Å². The number of nitrogens with two attached hydrogens (primary N) is 1. The Morgan fingerprint density at radius 2 is 1.52 bits per heavy atom. The van der Waals surface area contributed by atoms with Gasteiger partial charge in [0.15, 0.2) is 0 Å². The molecular formula is C26H29N3O3S. The summed E-state index contributed by atoms with van der Waals surface area (Å²) in [6.07, 6.45) is 2.41. The van der Waals surface area contributed by atoms with E-state index >= 15 is 0 Å². The molecular weight excluding hydrogens is 434 g/mol. The van der Waals surface area contributed by atoms with Crippen LogP contribution in [0.5, 0.6) is 11.5 Å². The van der Waals surface area contributed by atoms with Gasteiger partial charge in [-0.3, -0.25) is 0 Å². The molecule has 0 atom stereocenters. The van der Waals surface area contributed by atoms with E-state index in [0.29, 0.717) is 5.52 Å². The van der Waals surface area contributed by atoms with Crippen molar-refractivity contribution in [2.45, 2.75) is 20.3 Å². The van der Waals surface area contributed by atoms with Gasteiger partial charge in [0.05, 0.1) is 5.52 Å². The number of benzene rings is 3. The number of hydrogen-bond acceptors (Lipinski definition) is 4. The first-order chi connectivity index (χ1) is 15.9. The summed E-state index contributed by atoms with van der Waals surface area (Å²) in [7, 11) is -3.92. The Hall–Kier alpha value is -3.13. The normalized spacial score (nSPS) is 11.9. The molecule has 4 rings (SSSR count). The highest BCUT2D eigenvalue weighted by molar-refractivity contribution is 7.87. The molecule has 2 N–H and O–H groups in total. The van der Waals surface area contributed by atoms with Crippen molar-refractivity contribution in [3.8, 4) is 22.6 Å². The highest BCUT2D eigenvalue weighted by atomic mass is 32.2. The van der Waals surface area contributed by atoms with E-state index in [1.807, 2.05) is 72.8 Å². The maximum Gasteiger partial charge on any atom is 0.302 e. The van der Waals surface area contributed by atoms with Crippen molar-refractivity contribution >= 4 is 21.1 Å². The van der Waals surface area contributed by atoms with Gasteiger partial charge in [0.25, 0.3) is 0 Å². The fourth-order valence-electron chi connectivity index (χ4n) is 4.01. The van der Waals surface area contributed by atoms with Crippen molar-refractivity contribution in [3.05, 3.63) is 84.6 Å². The first-order valence-corrected chi connectivity index (χ1v) is 12.6. The molecule has 7 heteroatoms. The molecule has 0 aliphatic heterocycles. The summed E-state index contributed by atoms with van der Waals surface area (Å²) in [4.78, 5) is 2.31. The fourth-order valence-corrected chi connectivity index (χ4v) is 4.71. The van der Waals surface area contributed by atoms with Gasteiger partial charge in [-0.05, 0) is 66.5 Å². The highest BCUT2D eigenvalue weighted by Gasteiger charge is 2.16. The van der Waals surface area contributed by atoms with Crippen LogP contribution < -0.4 is 9.88 Å². The van der Waals surface area contributed by atoms with Gasteiger partial charge in [0.1, 0.15) is 11.5 Å². The quantitative estimate of drug-likeness (QED) is 0.377. The third-order valence-electron chi connectivity index (χ3n) is 5.89. The minimum absolute atomic E-state index is 0.592. The smallest absolute Gasteiger partial charge is 0.302 e. The molecule has 33 heavy (non-hydrogen) atoms. The molecule has 172 valence electrons. The van der Waals surface area contributed by atoms with Crippen LogP contribution in [0.25, 0.3) is 22.0 Å². The van der Waals surface area contributed by atoms with Crippen LogP contribution in [0.4, 0.5) is 0 Å². The van der Waals surface area contributed by atoms with Gasteiger partial charge in [0.2, 0.25) is 0 Å². The largest absolute Gasteiger partial charge is 0.457 e. The molecule has 0 unspecified atom stereocenters. The second-order valence-corrected chi connectivity index (χ2v) is 9.37. The van der Waals surface area contributed by atoms with E-state index in [9.17, 15) is 8.42 Å². The van der Waals surface area contributed by atoms with E-state index < -0.39 is 10.2 Å². The lowest BCUT2D eigenvalue weighted by Crippen LogP contribution is -2.25. The minimum Gasteiger partial charge on any atom is -0.457 e. The third-order valence-corrected chi connectivity index (χ3v) is 6.74. The summed E-state index contributed by atoms with van der Waals surface area (Å²) in [5.41, 5.74) is 3.44. The van der Waals surface area contributed by atoms with E-state index in [0.717, 1.165) is 59.6 Å². The molecule has 0 saturated heterocycles. The second-order valence-electron chi connectivity index (χ2n) is 7.94. The maximum absolute atomic E-state index is 12.3. The summed E-state index contributed by atoms with van der Waals surface area (Å²) < 4.78 is 31.6. The monoisotopic (exact) mass is 463 g/mol. The predicted octanol–water partition coefficient (Wildman–Crippen LogP) is 5.04. The van der Waals surface area contributed by atoms with E-state index in [4.69, 9.17) is 9.88 Å². The van der Waals surface area contributed by atoms with Gasteiger partial charge in [0, 0.05) is 18.1 Å². The average molecular weight is 464 g/mol. The molecule has 0 bridgehead atoms. The molecule has 0 fully saturated rings. The molecule has 0 amide bonds. The fraction of sp³-hybridized carbons (Fsp3) is 0.231. The third kappa shape index (κ3) is 5.27. The van der Waals surface area contributed by atoms with Gasteiger partial charge in [-0.25, -0.2) is 9.11 Å². The van der Waals surface area contributed by atoms with E-state index in [1.165, 1.54) is 3.97 Å². The van der Waals surface area contributed by atoms with Crippen LogP contribution in [0.3, 0.4) is 0 Å². The van der Waals surface area contributed by atoms with Gasteiger partial charge in [-0.15, -0.1) is 0 Å². The lowest BCUT2D eigenvalue weighted by molar-refractivity contribution is 0.308. The van der Waals surface area contributed by atoms with Crippen LogP contribution in [0.2, 0.25) is 0 Å².